The average molecular weight is 282 g/mol. The minimum Gasteiger partial charge on any atom is -0.386 e. The first-order valence-electron chi connectivity index (χ1n) is 6.30. The fourth-order valence-electron chi connectivity index (χ4n) is 2.05. The van der Waals surface area contributed by atoms with Crippen LogP contribution in [0.2, 0.25) is 0 Å². The lowest BCUT2D eigenvalue weighted by Crippen LogP contribution is -2.61. The van der Waals surface area contributed by atoms with Gasteiger partial charge < -0.3 is 15.3 Å². The number of aliphatic hydroxyl groups is 1. The highest BCUT2D eigenvalue weighted by Gasteiger charge is 2.38. The van der Waals surface area contributed by atoms with Crippen molar-refractivity contribution in [2.75, 3.05) is 19.6 Å². The van der Waals surface area contributed by atoms with E-state index in [4.69, 9.17) is 0 Å². The van der Waals surface area contributed by atoms with E-state index in [1.54, 1.807) is 17.9 Å². The predicted octanol–water partition coefficient (Wildman–Crippen LogP) is 0.851. The van der Waals surface area contributed by atoms with E-state index in [0.29, 0.717) is 37.4 Å². The maximum Gasteiger partial charge on any atom is 0.261 e. The third-order valence-corrected chi connectivity index (χ3v) is 3.88. The van der Waals surface area contributed by atoms with Gasteiger partial charge in [0, 0.05) is 13.0 Å². The van der Waals surface area contributed by atoms with E-state index in [9.17, 15) is 14.7 Å². The van der Waals surface area contributed by atoms with Crippen LogP contribution in [-0.4, -0.2) is 47.1 Å². The molecule has 0 unspecified atom stereocenters. The maximum atomic E-state index is 11.7. The molecule has 1 aliphatic heterocycles. The van der Waals surface area contributed by atoms with Gasteiger partial charge in [-0.15, -0.1) is 11.3 Å². The maximum absolute atomic E-state index is 11.7. The molecule has 1 aromatic rings. The van der Waals surface area contributed by atoms with Gasteiger partial charge >= 0.3 is 0 Å². The molecule has 104 valence electrons. The molecular weight excluding hydrogens is 264 g/mol. The molecule has 2 rings (SSSR count). The van der Waals surface area contributed by atoms with Crippen molar-refractivity contribution in [2.24, 2.45) is 0 Å². The molecule has 1 saturated heterocycles. The van der Waals surface area contributed by atoms with Crippen molar-refractivity contribution in [1.82, 2.24) is 10.2 Å². The first kappa shape index (κ1) is 14.0. The van der Waals surface area contributed by atoms with Crippen LogP contribution in [-0.2, 0) is 4.79 Å². The molecule has 2 amide bonds. The monoisotopic (exact) mass is 282 g/mol. The highest BCUT2D eigenvalue weighted by Crippen LogP contribution is 2.20. The van der Waals surface area contributed by atoms with E-state index in [-0.39, 0.29) is 11.8 Å². The standard InChI is InChI=1S/C13H18N2O3S/c1-13(18)8-15(9-13)11(16)5-2-6-14-12(17)10-4-3-7-19-10/h3-4,7,18H,2,5-6,8-9H2,1H3,(H,14,17). The highest BCUT2D eigenvalue weighted by atomic mass is 32.1. The molecule has 2 N–H and O–H groups in total. The number of hydrogen-bond acceptors (Lipinski definition) is 4. The van der Waals surface area contributed by atoms with Crippen molar-refractivity contribution in [3.8, 4) is 0 Å². The number of amides is 2. The number of carbonyl (C=O) groups is 2. The Kier molecular flexibility index (Phi) is 4.21. The normalized spacial score (nSPS) is 16.8. The third kappa shape index (κ3) is 3.78. The molecule has 2 heterocycles. The van der Waals surface area contributed by atoms with Gasteiger partial charge in [-0.2, -0.15) is 0 Å². The number of thiophene rings is 1. The molecule has 1 fully saturated rings. The van der Waals surface area contributed by atoms with Gasteiger partial charge in [0.05, 0.1) is 23.6 Å². The Hall–Kier alpha value is -1.40. The van der Waals surface area contributed by atoms with E-state index < -0.39 is 5.60 Å². The fraction of sp³-hybridized carbons (Fsp3) is 0.538. The van der Waals surface area contributed by atoms with Crippen LogP contribution in [0.25, 0.3) is 0 Å². The second-order valence-electron chi connectivity index (χ2n) is 5.08. The summed E-state index contributed by atoms with van der Waals surface area (Å²) in [4.78, 5) is 25.6. The number of nitrogens with zero attached hydrogens (tertiary/aromatic N) is 1. The Morgan fingerprint density at radius 3 is 2.84 bits per heavy atom. The first-order valence-corrected chi connectivity index (χ1v) is 7.18. The van der Waals surface area contributed by atoms with Crippen LogP contribution >= 0.6 is 11.3 Å². The van der Waals surface area contributed by atoms with Crippen LogP contribution in [0.4, 0.5) is 0 Å². The molecule has 0 spiro atoms. The van der Waals surface area contributed by atoms with Gasteiger partial charge in [0.1, 0.15) is 0 Å². The van der Waals surface area contributed by atoms with Crippen molar-refractivity contribution < 1.29 is 14.7 Å². The average Bonchev–Trinajstić information content (AvgIpc) is 2.84. The molecule has 0 aliphatic carbocycles. The van der Waals surface area contributed by atoms with Gasteiger partial charge in [0.15, 0.2) is 0 Å². The van der Waals surface area contributed by atoms with Crippen LogP contribution < -0.4 is 5.32 Å². The van der Waals surface area contributed by atoms with Gasteiger partial charge in [0.25, 0.3) is 5.91 Å². The number of β-amino-alcohol motifs (C(OH)–C–C–N with tert-alkyl or cyclic N) is 1. The van der Waals surface area contributed by atoms with Crippen LogP contribution in [0.1, 0.15) is 29.4 Å². The topological polar surface area (TPSA) is 69.6 Å². The van der Waals surface area contributed by atoms with E-state index in [2.05, 4.69) is 5.32 Å². The van der Waals surface area contributed by atoms with Gasteiger partial charge in [-0.25, -0.2) is 0 Å². The van der Waals surface area contributed by atoms with Gasteiger partial charge in [-0.3, -0.25) is 9.59 Å². The van der Waals surface area contributed by atoms with Crippen molar-refractivity contribution >= 4 is 23.2 Å². The highest BCUT2D eigenvalue weighted by molar-refractivity contribution is 7.12. The number of likely N-dealkylation sites (tertiary alicyclic amines) is 1. The molecule has 6 heteroatoms. The Balaban J connectivity index is 1.60. The Bertz CT molecular complexity index is 448. The lowest BCUT2D eigenvalue weighted by molar-refractivity contribution is -0.152. The van der Waals surface area contributed by atoms with Crippen molar-refractivity contribution in [3.05, 3.63) is 22.4 Å². The minimum atomic E-state index is -0.719. The molecule has 0 bridgehead atoms. The predicted molar refractivity (Wildman–Crippen MR) is 73.1 cm³/mol. The quantitative estimate of drug-likeness (QED) is 0.787. The summed E-state index contributed by atoms with van der Waals surface area (Å²) in [6.07, 6.45) is 1.02. The summed E-state index contributed by atoms with van der Waals surface area (Å²) < 4.78 is 0. The van der Waals surface area contributed by atoms with Crippen LogP contribution in [0.3, 0.4) is 0 Å². The third-order valence-electron chi connectivity index (χ3n) is 3.01. The minimum absolute atomic E-state index is 0.0388. The first-order chi connectivity index (χ1) is 8.98. The SMILES string of the molecule is CC1(O)CN(C(=O)CCCNC(=O)c2cccs2)C1. The zero-order valence-corrected chi connectivity index (χ0v) is 11.7. The summed E-state index contributed by atoms with van der Waals surface area (Å²) in [5.74, 6) is -0.0498. The molecule has 0 aromatic carbocycles. The number of nitrogens with one attached hydrogen (secondary N) is 1. The van der Waals surface area contributed by atoms with E-state index >= 15 is 0 Å². The summed E-state index contributed by atoms with van der Waals surface area (Å²) in [6, 6.07) is 3.60. The molecule has 5 nitrogen and oxygen atoms in total. The number of rotatable bonds is 5. The van der Waals surface area contributed by atoms with E-state index in [1.807, 2.05) is 11.4 Å². The van der Waals surface area contributed by atoms with Crippen molar-refractivity contribution in [1.29, 1.82) is 0 Å². The Labute approximate surface area is 116 Å². The van der Waals surface area contributed by atoms with Crippen molar-refractivity contribution in [3.63, 3.8) is 0 Å². The van der Waals surface area contributed by atoms with Crippen molar-refractivity contribution in [2.45, 2.75) is 25.4 Å². The molecule has 19 heavy (non-hydrogen) atoms. The summed E-state index contributed by atoms with van der Waals surface area (Å²) in [7, 11) is 0. The van der Waals surface area contributed by atoms with E-state index in [0.717, 1.165) is 0 Å². The molecule has 0 radical (unpaired) electrons. The molecule has 1 aromatic heterocycles. The zero-order chi connectivity index (χ0) is 13.9. The summed E-state index contributed by atoms with van der Waals surface area (Å²) in [5.41, 5.74) is -0.719. The van der Waals surface area contributed by atoms with Crippen LogP contribution in [0, 0.1) is 0 Å². The van der Waals surface area contributed by atoms with Gasteiger partial charge in [0.2, 0.25) is 5.91 Å². The molecule has 1 aliphatic rings. The smallest absolute Gasteiger partial charge is 0.261 e. The fourth-order valence-corrected chi connectivity index (χ4v) is 2.69. The molecular formula is C13H18N2O3S. The lowest BCUT2D eigenvalue weighted by Gasteiger charge is -2.44. The summed E-state index contributed by atoms with van der Waals surface area (Å²) >= 11 is 1.40. The molecule has 0 saturated carbocycles. The number of carbonyl (C=O) groups excluding carboxylic acids is 2. The Morgan fingerprint density at radius 2 is 2.26 bits per heavy atom. The summed E-state index contributed by atoms with van der Waals surface area (Å²) in [6.45, 7) is 3.03. The zero-order valence-electron chi connectivity index (χ0n) is 10.9. The largest absolute Gasteiger partial charge is 0.386 e. The molecule has 0 atom stereocenters. The van der Waals surface area contributed by atoms with Crippen LogP contribution in [0.15, 0.2) is 17.5 Å². The second-order valence-corrected chi connectivity index (χ2v) is 6.03. The second kappa shape index (κ2) is 5.71. The summed E-state index contributed by atoms with van der Waals surface area (Å²) in [5, 5.41) is 14.2. The van der Waals surface area contributed by atoms with Gasteiger partial charge in [-0.1, -0.05) is 6.07 Å². The van der Waals surface area contributed by atoms with E-state index in [1.165, 1.54) is 11.3 Å². The number of hydrogen-bond donors (Lipinski definition) is 2. The van der Waals surface area contributed by atoms with Crippen LogP contribution in [0.5, 0.6) is 0 Å². The van der Waals surface area contributed by atoms with Gasteiger partial charge in [-0.05, 0) is 24.8 Å². The Morgan fingerprint density at radius 1 is 1.53 bits per heavy atom. The lowest BCUT2D eigenvalue weighted by atomic mass is 9.96.